The summed E-state index contributed by atoms with van der Waals surface area (Å²) in [7, 11) is 0. The van der Waals surface area contributed by atoms with Crippen molar-refractivity contribution in [3.05, 3.63) is 29.4 Å². The molecule has 0 radical (unpaired) electrons. The number of rotatable bonds is 3. The number of halogens is 1. The van der Waals surface area contributed by atoms with Gasteiger partial charge in [-0.25, -0.2) is 9.97 Å². The second-order valence-corrected chi connectivity index (χ2v) is 8.56. The summed E-state index contributed by atoms with van der Waals surface area (Å²) >= 11 is 7.62. The molecule has 7 nitrogen and oxygen atoms in total. The van der Waals surface area contributed by atoms with E-state index in [0.29, 0.717) is 28.2 Å². The SMILES string of the molecule is Nc1cccc(Sc2ncc(N3CCC4(CC3)COC[C@H]4N)nc2N)c1Cl. The smallest absolute Gasteiger partial charge is 0.158 e. The number of nitrogen functional groups attached to an aromatic ring is 2. The molecule has 0 aliphatic carbocycles. The molecule has 27 heavy (non-hydrogen) atoms. The zero-order valence-corrected chi connectivity index (χ0v) is 16.5. The van der Waals surface area contributed by atoms with Crippen LogP contribution in [0.3, 0.4) is 0 Å². The molecule has 6 N–H and O–H groups in total. The highest BCUT2D eigenvalue weighted by Crippen LogP contribution is 2.40. The maximum absolute atomic E-state index is 6.26. The molecule has 3 heterocycles. The summed E-state index contributed by atoms with van der Waals surface area (Å²) in [6.45, 7) is 3.16. The van der Waals surface area contributed by atoms with Crippen molar-refractivity contribution in [3.63, 3.8) is 0 Å². The lowest BCUT2D eigenvalue weighted by atomic mass is 9.75. The first-order valence-corrected chi connectivity index (χ1v) is 10.1. The lowest BCUT2D eigenvalue weighted by molar-refractivity contribution is 0.131. The highest BCUT2D eigenvalue weighted by atomic mass is 35.5. The molecule has 2 saturated heterocycles. The molecular formula is C18H23ClN6OS. The molecule has 2 aliphatic rings. The average Bonchev–Trinajstić information content (AvgIpc) is 3.01. The summed E-state index contributed by atoms with van der Waals surface area (Å²) < 4.78 is 5.59. The summed E-state index contributed by atoms with van der Waals surface area (Å²) in [6.07, 6.45) is 3.75. The third-order valence-corrected chi connectivity index (χ3v) is 7.11. The van der Waals surface area contributed by atoms with Gasteiger partial charge in [-0.05, 0) is 25.0 Å². The molecule has 1 aromatic heterocycles. The van der Waals surface area contributed by atoms with Crippen LogP contribution in [-0.2, 0) is 4.74 Å². The molecule has 0 unspecified atom stereocenters. The molecule has 2 fully saturated rings. The maximum Gasteiger partial charge on any atom is 0.158 e. The fourth-order valence-electron chi connectivity index (χ4n) is 3.69. The van der Waals surface area contributed by atoms with Crippen molar-refractivity contribution in [2.45, 2.75) is 28.8 Å². The number of hydrogen-bond donors (Lipinski definition) is 3. The monoisotopic (exact) mass is 406 g/mol. The Hall–Kier alpha value is -1.74. The van der Waals surface area contributed by atoms with Crippen molar-refractivity contribution in [1.29, 1.82) is 0 Å². The van der Waals surface area contributed by atoms with Crippen LogP contribution in [-0.4, -0.2) is 42.3 Å². The number of piperidine rings is 1. The molecule has 0 saturated carbocycles. The van der Waals surface area contributed by atoms with E-state index in [4.69, 9.17) is 33.5 Å². The first kappa shape index (κ1) is 18.6. The average molecular weight is 407 g/mol. The van der Waals surface area contributed by atoms with E-state index in [1.54, 1.807) is 12.3 Å². The Bertz CT molecular complexity index is 843. The number of ether oxygens (including phenoxy) is 1. The zero-order chi connectivity index (χ0) is 19.0. The lowest BCUT2D eigenvalue weighted by Crippen LogP contribution is -2.49. The topological polar surface area (TPSA) is 116 Å². The number of anilines is 3. The summed E-state index contributed by atoms with van der Waals surface area (Å²) in [5.41, 5.74) is 18.9. The third-order valence-electron chi connectivity index (χ3n) is 5.51. The van der Waals surface area contributed by atoms with Crippen LogP contribution in [0, 0.1) is 5.41 Å². The normalized spacial score (nSPS) is 21.7. The number of benzene rings is 1. The van der Waals surface area contributed by atoms with Crippen molar-refractivity contribution >= 4 is 40.7 Å². The summed E-state index contributed by atoms with van der Waals surface area (Å²) in [5, 5.41) is 1.12. The first-order chi connectivity index (χ1) is 13.0. The van der Waals surface area contributed by atoms with Crippen molar-refractivity contribution in [1.82, 2.24) is 9.97 Å². The molecular weight excluding hydrogens is 384 g/mol. The first-order valence-electron chi connectivity index (χ1n) is 8.91. The Kier molecular flexibility index (Phi) is 5.07. The van der Waals surface area contributed by atoms with E-state index in [1.165, 1.54) is 11.8 Å². The standard InChI is InChI=1S/C18H23ClN6OS/c19-15-11(20)2-1-3-12(15)27-17-16(22)24-14(8-23-17)25-6-4-18(5-7-25)10-26-9-13(18)21/h1-3,8,13H,4-7,9-10,20-21H2,(H2,22,24)/t13-/m1/s1. The Labute approximate surface area is 167 Å². The minimum atomic E-state index is 0.106. The minimum absolute atomic E-state index is 0.106. The number of nitrogens with two attached hydrogens (primary N) is 3. The molecule has 1 atom stereocenters. The van der Waals surface area contributed by atoms with Gasteiger partial charge in [0.05, 0.1) is 30.1 Å². The van der Waals surface area contributed by atoms with Crippen molar-refractivity contribution in [2.75, 3.05) is 42.7 Å². The van der Waals surface area contributed by atoms with Crippen LogP contribution in [0.4, 0.5) is 17.3 Å². The molecule has 0 bridgehead atoms. The number of nitrogens with zero attached hydrogens (tertiary/aromatic N) is 3. The quantitative estimate of drug-likeness (QED) is 0.665. The minimum Gasteiger partial charge on any atom is -0.397 e. The van der Waals surface area contributed by atoms with E-state index in [-0.39, 0.29) is 11.5 Å². The Morgan fingerprint density at radius 3 is 2.70 bits per heavy atom. The molecule has 0 amide bonds. The highest BCUT2D eigenvalue weighted by molar-refractivity contribution is 7.99. The van der Waals surface area contributed by atoms with Crippen LogP contribution in [0.1, 0.15) is 12.8 Å². The Balaban J connectivity index is 1.47. The van der Waals surface area contributed by atoms with Gasteiger partial charge in [0.25, 0.3) is 0 Å². The lowest BCUT2D eigenvalue weighted by Gasteiger charge is -2.41. The van der Waals surface area contributed by atoms with Gasteiger partial charge in [0, 0.05) is 29.4 Å². The van der Waals surface area contributed by atoms with Gasteiger partial charge in [0.15, 0.2) is 5.82 Å². The molecule has 2 aliphatic heterocycles. The van der Waals surface area contributed by atoms with Crippen LogP contribution >= 0.6 is 23.4 Å². The fourth-order valence-corrected chi connectivity index (χ4v) is 4.75. The Morgan fingerprint density at radius 1 is 1.26 bits per heavy atom. The molecule has 1 aromatic carbocycles. The predicted molar refractivity (Wildman–Crippen MR) is 109 cm³/mol. The van der Waals surface area contributed by atoms with E-state index in [0.717, 1.165) is 43.3 Å². The van der Waals surface area contributed by atoms with Gasteiger partial charge in [-0.2, -0.15) is 0 Å². The largest absolute Gasteiger partial charge is 0.397 e. The molecule has 1 spiro atoms. The second kappa shape index (κ2) is 7.35. The summed E-state index contributed by atoms with van der Waals surface area (Å²) in [6, 6.07) is 5.62. The fraction of sp³-hybridized carbons (Fsp3) is 0.444. The number of aromatic nitrogens is 2. The van der Waals surface area contributed by atoms with Crippen LogP contribution < -0.4 is 22.1 Å². The van der Waals surface area contributed by atoms with Gasteiger partial charge < -0.3 is 26.8 Å². The van der Waals surface area contributed by atoms with Gasteiger partial charge in [-0.1, -0.05) is 29.4 Å². The summed E-state index contributed by atoms with van der Waals surface area (Å²) in [5.74, 6) is 1.18. The van der Waals surface area contributed by atoms with Gasteiger partial charge in [-0.15, -0.1) is 0 Å². The molecule has 4 rings (SSSR count). The van der Waals surface area contributed by atoms with Crippen LogP contribution in [0.5, 0.6) is 0 Å². The van der Waals surface area contributed by atoms with E-state index >= 15 is 0 Å². The van der Waals surface area contributed by atoms with E-state index in [2.05, 4.69) is 14.9 Å². The van der Waals surface area contributed by atoms with E-state index < -0.39 is 0 Å². The van der Waals surface area contributed by atoms with E-state index in [9.17, 15) is 0 Å². The molecule has 9 heteroatoms. The number of hydrogen-bond acceptors (Lipinski definition) is 8. The van der Waals surface area contributed by atoms with Gasteiger partial charge in [0.1, 0.15) is 10.8 Å². The molecule has 144 valence electrons. The van der Waals surface area contributed by atoms with E-state index in [1.807, 2.05) is 12.1 Å². The predicted octanol–water partition coefficient (Wildman–Crippen LogP) is 2.39. The highest BCUT2D eigenvalue weighted by Gasteiger charge is 2.44. The van der Waals surface area contributed by atoms with Gasteiger partial charge >= 0.3 is 0 Å². The maximum atomic E-state index is 6.26. The van der Waals surface area contributed by atoms with Crippen molar-refractivity contribution in [2.24, 2.45) is 11.1 Å². The second-order valence-electron chi connectivity index (χ2n) is 7.15. The van der Waals surface area contributed by atoms with Crippen LogP contribution in [0.2, 0.25) is 5.02 Å². The van der Waals surface area contributed by atoms with Crippen LogP contribution in [0.25, 0.3) is 0 Å². The van der Waals surface area contributed by atoms with Gasteiger partial charge in [-0.3, -0.25) is 0 Å². The Morgan fingerprint density at radius 2 is 2.04 bits per heavy atom. The zero-order valence-electron chi connectivity index (χ0n) is 14.9. The van der Waals surface area contributed by atoms with Crippen LogP contribution in [0.15, 0.2) is 34.3 Å². The van der Waals surface area contributed by atoms with Crippen molar-refractivity contribution < 1.29 is 4.74 Å². The van der Waals surface area contributed by atoms with Gasteiger partial charge in [0.2, 0.25) is 0 Å². The van der Waals surface area contributed by atoms with Crippen molar-refractivity contribution in [3.8, 4) is 0 Å². The molecule has 2 aromatic rings. The third kappa shape index (κ3) is 3.54. The summed E-state index contributed by atoms with van der Waals surface area (Å²) in [4.78, 5) is 12.1.